The van der Waals surface area contributed by atoms with Crippen molar-refractivity contribution in [3.8, 4) is 0 Å². The molecule has 2 aromatic rings. The zero-order chi connectivity index (χ0) is 15.5. The minimum absolute atomic E-state index is 0.124. The molecule has 0 spiro atoms. The standard InChI is InChI=1S/C14H18N4O2S/c1-10-11(2)18-14(9-17-10)16-8-7-12-3-5-13(6-4-12)21(15,19)20/h3-6,9H,7-8H2,1-2H3,(H,16,18)(H2,15,19,20). The fraction of sp³-hybridized carbons (Fsp3) is 0.286. The van der Waals surface area contributed by atoms with Gasteiger partial charge in [0.15, 0.2) is 0 Å². The van der Waals surface area contributed by atoms with Gasteiger partial charge in [0.2, 0.25) is 10.0 Å². The van der Waals surface area contributed by atoms with Gasteiger partial charge in [0, 0.05) is 6.54 Å². The van der Waals surface area contributed by atoms with Gasteiger partial charge in [-0.05, 0) is 38.0 Å². The van der Waals surface area contributed by atoms with Crippen LogP contribution < -0.4 is 10.5 Å². The first-order chi connectivity index (χ1) is 9.86. The Labute approximate surface area is 124 Å². The molecule has 6 nitrogen and oxygen atoms in total. The Balaban J connectivity index is 1.93. The summed E-state index contributed by atoms with van der Waals surface area (Å²) in [6.07, 6.45) is 2.45. The lowest BCUT2D eigenvalue weighted by Crippen LogP contribution is -2.12. The van der Waals surface area contributed by atoms with Gasteiger partial charge in [0.25, 0.3) is 0 Å². The van der Waals surface area contributed by atoms with Crippen molar-refractivity contribution < 1.29 is 8.42 Å². The van der Waals surface area contributed by atoms with E-state index in [1.807, 2.05) is 13.8 Å². The van der Waals surface area contributed by atoms with Crippen LogP contribution in [-0.4, -0.2) is 24.9 Å². The summed E-state index contributed by atoms with van der Waals surface area (Å²) in [6, 6.07) is 6.54. The molecular formula is C14H18N4O2S. The Kier molecular flexibility index (Phi) is 4.54. The van der Waals surface area contributed by atoms with Crippen molar-refractivity contribution in [1.82, 2.24) is 9.97 Å². The number of nitrogens with two attached hydrogens (primary N) is 1. The molecule has 1 heterocycles. The molecule has 0 saturated heterocycles. The van der Waals surface area contributed by atoms with E-state index >= 15 is 0 Å². The van der Waals surface area contributed by atoms with Gasteiger partial charge in [-0.15, -0.1) is 0 Å². The number of rotatable bonds is 5. The van der Waals surface area contributed by atoms with E-state index in [-0.39, 0.29) is 4.90 Å². The molecular weight excluding hydrogens is 288 g/mol. The molecule has 0 bridgehead atoms. The molecule has 1 aromatic carbocycles. The fourth-order valence-corrected chi connectivity index (χ4v) is 2.32. The zero-order valence-electron chi connectivity index (χ0n) is 12.0. The van der Waals surface area contributed by atoms with Gasteiger partial charge in [0.1, 0.15) is 5.82 Å². The first-order valence-electron chi connectivity index (χ1n) is 6.52. The number of sulfonamides is 1. The van der Waals surface area contributed by atoms with Crippen LogP contribution in [0.1, 0.15) is 17.0 Å². The summed E-state index contributed by atoms with van der Waals surface area (Å²) < 4.78 is 22.3. The Morgan fingerprint density at radius 3 is 2.38 bits per heavy atom. The molecule has 0 saturated carbocycles. The Hall–Kier alpha value is -1.99. The first-order valence-corrected chi connectivity index (χ1v) is 8.07. The Morgan fingerprint density at radius 1 is 1.14 bits per heavy atom. The molecule has 21 heavy (non-hydrogen) atoms. The number of aryl methyl sites for hydroxylation is 2. The average Bonchev–Trinajstić information content (AvgIpc) is 2.42. The van der Waals surface area contributed by atoms with Crippen LogP contribution in [0.2, 0.25) is 0 Å². The van der Waals surface area contributed by atoms with Crippen molar-refractivity contribution >= 4 is 15.8 Å². The van der Waals surface area contributed by atoms with Gasteiger partial charge >= 0.3 is 0 Å². The number of aromatic nitrogens is 2. The number of primary sulfonamides is 1. The van der Waals surface area contributed by atoms with E-state index in [1.54, 1.807) is 18.3 Å². The average molecular weight is 306 g/mol. The molecule has 0 aliphatic heterocycles. The van der Waals surface area contributed by atoms with Crippen LogP contribution in [0.15, 0.2) is 35.4 Å². The van der Waals surface area contributed by atoms with Gasteiger partial charge in [-0.2, -0.15) is 0 Å². The zero-order valence-corrected chi connectivity index (χ0v) is 12.8. The minimum atomic E-state index is -3.63. The van der Waals surface area contributed by atoms with Crippen LogP contribution in [0.4, 0.5) is 5.82 Å². The van der Waals surface area contributed by atoms with Gasteiger partial charge in [-0.3, -0.25) is 4.98 Å². The smallest absolute Gasteiger partial charge is 0.238 e. The van der Waals surface area contributed by atoms with Crippen molar-refractivity contribution in [3.05, 3.63) is 47.4 Å². The second-order valence-corrected chi connectivity index (χ2v) is 6.35. The number of nitrogens with zero attached hydrogens (tertiary/aromatic N) is 2. The Bertz CT molecular complexity index is 727. The monoisotopic (exact) mass is 306 g/mol. The third kappa shape index (κ3) is 4.24. The number of benzene rings is 1. The lowest BCUT2D eigenvalue weighted by Gasteiger charge is -2.07. The van der Waals surface area contributed by atoms with Gasteiger partial charge in [-0.25, -0.2) is 18.5 Å². The topological polar surface area (TPSA) is 98.0 Å². The largest absolute Gasteiger partial charge is 0.368 e. The van der Waals surface area contributed by atoms with E-state index in [1.165, 1.54) is 12.1 Å². The SMILES string of the molecule is Cc1ncc(NCCc2ccc(S(N)(=O)=O)cc2)nc1C. The van der Waals surface area contributed by atoms with Crippen molar-refractivity contribution in [2.75, 3.05) is 11.9 Å². The van der Waals surface area contributed by atoms with Crippen molar-refractivity contribution in [1.29, 1.82) is 0 Å². The molecule has 0 amide bonds. The number of hydrogen-bond acceptors (Lipinski definition) is 5. The summed E-state index contributed by atoms with van der Waals surface area (Å²) in [7, 11) is -3.63. The highest BCUT2D eigenvalue weighted by Crippen LogP contribution is 2.10. The fourth-order valence-electron chi connectivity index (χ4n) is 1.81. The van der Waals surface area contributed by atoms with E-state index in [4.69, 9.17) is 5.14 Å². The van der Waals surface area contributed by atoms with E-state index < -0.39 is 10.0 Å². The van der Waals surface area contributed by atoms with Gasteiger partial charge in [0.05, 0.1) is 22.5 Å². The third-order valence-electron chi connectivity index (χ3n) is 3.16. The van der Waals surface area contributed by atoms with Gasteiger partial charge in [-0.1, -0.05) is 12.1 Å². The number of anilines is 1. The summed E-state index contributed by atoms with van der Waals surface area (Å²) in [5, 5.41) is 8.24. The predicted octanol–water partition coefficient (Wildman–Crippen LogP) is 1.40. The molecule has 0 radical (unpaired) electrons. The summed E-state index contributed by atoms with van der Waals surface area (Å²) in [5.74, 6) is 0.735. The number of hydrogen-bond donors (Lipinski definition) is 2. The lowest BCUT2D eigenvalue weighted by molar-refractivity contribution is 0.598. The maximum absolute atomic E-state index is 11.2. The maximum atomic E-state index is 11.2. The molecule has 0 aliphatic rings. The van der Waals surface area contributed by atoms with Crippen LogP contribution in [0.5, 0.6) is 0 Å². The van der Waals surface area contributed by atoms with E-state index in [9.17, 15) is 8.42 Å². The van der Waals surface area contributed by atoms with Crippen LogP contribution in [0.25, 0.3) is 0 Å². The van der Waals surface area contributed by atoms with Crippen molar-refractivity contribution in [2.45, 2.75) is 25.2 Å². The molecule has 3 N–H and O–H groups in total. The highest BCUT2D eigenvalue weighted by Gasteiger charge is 2.06. The molecule has 0 fully saturated rings. The third-order valence-corrected chi connectivity index (χ3v) is 4.09. The van der Waals surface area contributed by atoms with Crippen molar-refractivity contribution in [2.24, 2.45) is 5.14 Å². The van der Waals surface area contributed by atoms with E-state index in [0.29, 0.717) is 6.54 Å². The molecule has 0 unspecified atom stereocenters. The van der Waals surface area contributed by atoms with Crippen LogP contribution in [0.3, 0.4) is 0 Å². The molecule has 112 valence electrons. The maximum Gasteiger partial charge on any atom is 0.238 e. The second-order valence-electron chi connectivity index (χ2n) is 4.79. The van der Waals surface area contributed by atoms with Crippen LogP contribution in [0, 0.1) is 13.8 Å². The van der Waals surface area contributed by atoms with Gasteiger partial charge < -0.3 is 5.32 Å². The minimum Gasteiger partial charge on any atom is -0.368 e. The number of nitrogens with one attached hydrogen (secondary N) is 1. The molecule has 2 rings (SSSR count). The molecule has 0 aliphatic carbocycles. The quantitative estimate of drug-likeness (QED) is 0.870. The van der Waals surface area contributed by atoms with Crippen LogP contribution in [-0.2, 0) is 16.4 Å². The summed E-state index contributed by atoms with van der Waals surface area (Å²) >= 11 is 0. The summed E-state index contributed by atoms with van der Waals surface area (Å²) in [4.78, 5) is 8.74. The Morgan fingerprint density at radius 2 is 1.81 bits per heavy atom. The summed E-state index contributed by atoms with van der Waals surface area (Å²) in [5.41, 5.74) is 2.84. The summed E-state index contributed by atoms with van der Waals surface area (Å²) in [6.45, 7) is 4.52. The van der Waals surface area contributed by atoms with Crippen LogP contribution >= 0.6 is 0 Å². The highest BCUT2D eigenvalue weighted by atomic mass is 32.2. The van der Waals surface area contributed by atoms with E-state index in [0.717, 1.165) is 29.2 Å². The predicted molar refractivity (Wildman–Crippen MR) is 81.5 cm³/mol. The van der Waals surface area contributed by atoms with E-state index in [2.05, 4.69) is 15.3 Å². The van der Waals surface area contributed by atoms with Crippen molar-refractivity contribution in [3.63, 3.8) is 0 Å². The first kappa shape index (κ1) is 15.4. The second kappa shape index (κ2) is 6.19. The molecule has 1 aromatic heterocycles. The normalized spacial score (nSPS) is 11.4. The lowest BCUT2D eigenvalue weighted by atomic mass is 10.1. The molecule has 0 atom stereocenters. The highest BCUT2D eigenvalue weighted by molar-refractivity contribution is 7.89. The molecule has 7 heteroatoms.